The second kappa shape index (κ2) is 5.71. The van der Waals surface area contributed by atoms with Gasteiger partial charge < -0.3 is 25.5 Å². The molecule has 2 rings (SSSR count). The first-order valence-corrected chi connectivity index (χ1v) is 6.19. The van der Waals surface area contributed by atoms with Crippen LogP contribution in [0.25, 0.3) is 0 Å². The minimum atomic E-state index is -1.10. The Morgan fingerprint density at radius 2 is 1.20 bits per heavy atom. The molecule has 0 heterocycles. The maximum atomic E-state index is 10.0. The predicted octanol–water partition coefficient (Wildman–Crippen LogP) is 2.18. The van der Waals surface area contributed by atoms with Crippen molar-refractivity contribution in [2.75, 3.05) is 0 Å². The number of rotatable bonds is 4. The molecular weight excluding hydrogens is 260 g/mol. The highest BCUT2D eigenvalue weighted by Gasteiger charge is 2.18. The van der Waals surface area contributed by atoms with Crippen molar-refractivity contribution >= 4 is 0 Å². The van der Waals surface area contributed by atoms with Crippen molar-refractivity contribution < 1.29 is 25.5 Å². The molecule has 0 fully saturated rings. The predicted molar refractivity (Wildman–Crippen MR) is 72.8 cm³/mol. The largest absolute Gasteiger partial charge is 0.508 e. The fraction of sp³-hybridized carbons (Fsp3) is 0.200. The first-order valence-electron chi connectivity index (χ1n) is 6.19. The average molecular weight is 276 g/mol. The molecule has 5 heteroatoms. The Kier molecular flexibility index (Phi) is 4.00. The van der Waals surface area contributed by atoms with Gasteiger partial charge in [-0.05, 0) is 37.1 Å². The van der Waals surface area contributed by atoms with Crippen molar-refractivity contribution in [1.29, 1.82) is 0 Å². The monoisotopic (exact) mass is 276 g/mol. The smallest absolute Gasteiger partial charge is 0.125 e. The van der Waals surface area contributed by atoms with Gasteiger partial charge in [0.1, 0.15) is 23.0 Å². The van der Waals surface area contributed by atoms with E-state index in [2.05, 4.69) is 0 Å². The standard InChI is InChI=1S/C15H16O5/c16-10-3-1-4-11(17)9(10)7-8-14(20)15-12(18)5-2-6-13(15)19/h1-6,14,16-20H,7-8H2. The number of aromatic hydroxyl groups is 4. The van der Waals surface area contributed by atoms with Crippen LogP contribution in [0.1, 0.15) is 23.7 Å². The quantitative estimate of drug-likeness (QED) is 0.589. The molecule has 2 aromatic carbocycles. The molecule has 0 aliphatic heterocycles. The number of hydrogen-bond acceptors (Lipinski definition) is 5. The van der Waals surface area contributed by atoms with E-state index in [4.69, 9.17) is 0 Å². The number of hydrogen-bond donors (Lipinski definition) is 5. The summed E-state index contributed by atoms with van der Waals surface area (Å²) in [7, 11) is 0. The van der Waals surface area contributed by atoms with E-state index < -0.39 is 6.10 Å². The molecule has 0 radical (unpaired) electrons. The van der Waals surface area contributed by atoms with E-state index in [0.717, 1.165) is 0 Å². The van der Waals surface area contributed by atoms with Crippen LogP contribution in [0.4, 0.5) is 0 Å². The van der Waals surface area contributed by atoms with Crippen LogP contribution in [0.3, 0.4) is 0 Å². The lowest BCUT2D eigenvalue weighted by molar-refractivity contribution is 0.159. The third-order valence-corrected chi connectivity index (χ3v) is 3.19. The molecule has 1 atom stereocenters. The summed E-state index contributed by atoms with van der Waals surface area (Å²) in [6, 6.07) is 8.61. The molecule has 0 aliphatic carbocycles. The second-order valence-electron chi connectivity index (χ2n) is 4.54. The molecule has 0 bridgehead atoms. The lowest BCUT2D eigenvalue weighted by atomic mass is 9.99. The van der Waals surface area contributed by atoms with Gasteiger partial charge in [-0.1, -0.05) is 12.1 Å². The summed E-state index contributed by atoms with van der Waals surface area (Å²) >= 11 is 0. The van der Waals surface area contributed by atoms with Crippen LogP contribution in [0.2, 0.25) is 0 Å². The average Bonchev–Trinajstić information content (AvgIpc) is 2.38. The van der Waals surface area contributed by atoms with Crippen LogP contribution in [0, 0.1) is 0 Å². The summed E-state index contributed by atoms with van der Waals surface area (Å²) in [6.07, 6.45) is -0.765. The number of phenols is 4. The highest BCUT2D eigenvalue weighted by Crippen LogP contribution is 2.36. The molecule has 0 aliphatic rings. The fourth-order valence-corrected chi connectivity index (χ4v) is 2.13. The molecule has 2 aromatic rings. The second-order valence-corrected chi connectivity index (χ2v) is 4.54. The minimum absolute atomic E-state index is 0.0439. The van der Waals surface area contributed by atoms with Crippen molar-refractivity contribution in [3.8, 4) is 23.0 Å². The van der Waals surface area contributed by atoms with Gasteiger partial charge in [0, 0.05) is 5.56 Å². The van der Waals surface area contributed by atoms with Crippen LogP contribution in [0.15, 0.2) is 36.4 Å². The Morgan fingerprint density at radius 1 is 0.750 bits per heavy atom. The van der Waals surface area contributed by atoms with E-state index in [1.807, 2.05) is 0 Å². The van der Waals surface area contributed by atoms with Gasteiger partial charge in [0.15, 0.2) is 0 Å². The summed E-state index contributed by atoms with van der Waals surface area (Å²) in [5.74, 6) is -0.504. The molecular formula is C15H16O5. The van der Waals surface area contributed by atoms with Gasteiger partial charge >= 0.3 is 0 Å². The van der Waals surface area contributed by atoms with E-state index in [0.29, 0.717) is 5.56 Å². The lowest BCUT2D eigenvalue weighted by Gasteiger charge is -2.15. The van der Waals surface area contributed by atoms with Gasteiger partial charge in [0.25, 0.3) is 0 Å². The highest BCUT2D eigenvalue weighted by molar-refractivity contribution is 5.46. The van der Waals surface area contributed by atoms with Gasteiger partial charge in [-0.2, -0.15) is 0 Å². The third-order valence-electron chi connectivity index (χ3n) is 3.19. The van der Waals surface area contributed by atoms with Crippen LogP contribution in [-0.4, -0.2) is 25.5 Å². The lowest BCUT2D eigenvalue weighted by Crippen LogP contribution is -2.01. The molecule has 1 unspecified atom stereocenters. The zero-order valence-corrected chi connectivity index (χ0v) is 10.7. The number of phenolic OH excluding ortho intramolecular Hbond substituents is 4. The van der Waals surface area contributed by atoms with Gasteiger partial charge in [-0.15, -0.1) is 0 Å². The van der Waals surface area contributed by atoms with Crippen LogP contribution in [-0.2, 0) is 6.42 Å². The maximum Gasteiger partial charge on any atom is 0.125 e. The molecule has 0 spiro atoms. The Hall–Kier alpha value is -2.40. The first kappa shape index (κ1) is 14.0. The Balaban J connectivity index is 2.15. The van der Waals surface area contributed by atoms with Gasteiger partial charge in [-0.25, -0.2) is 0 Å². The number of benzene rings is 2. The van der Waals surface area contributed by atoms with E-state index in [1.165, 1.54) is 36.4 Å². The molecule has 0 saturated heterocycles. The summed E-state index contributed by atoms with van der Waals surface area (Å²) in [6.45, 7) is 0. The molecule has 0 saturated carbocycles. The third kappa shape index (κ3) is 2.78. The van der Waals surface area contributed by atoms with Crippen LogP contribution in [0.5, 0.6) is 23.0 Å². The van der Waals surface area contributed by atoms with Gasteiger partial charge in [-0.3, -0.25) is 0 Å². The fourth-order valence-electron chi connectivity index (χ4n) is 2.13. The molecule has 106 valence electrons. The molecule has 5 nitrogen and oxygen atoms in total. The molecule has 0 aromatic heterocycles. The Morgan fingerprint density at radius 3 is 1.70 bits per heavy atom. The van der Waals surface area contributed by atoms with Gasteiger partial charge in [0.05, 0.1) is 11.7 Å². The Bertz CT molecular complexity index is 569. The van der Waals surface area contributed by atoms with E-state index in [-0.39, 0.29) is 41.4 Å². The van der Waals surface area contributed by atoms with Crippen molar-refractivity contribution in [2.24, 2.45) is 0 Å². The molecule has 0 amide bonds. The SMILES string of the molecule is Oc1cccc(O)c1CCC(O)c1c(O)cccc1O. The van der Waals surface area contributed by atoms with Gasteiger partial charge in [0.2, 0.25) is 0 Å². The summed E-state index contributed by atoms with van der Waals surface area (Å²) < 4.78 is 0. The minimum Gasteiger partial charge on any atom is -0.508 e. The topological polar surface area (TPSA) is 101 Å². The van der Waals surface area contributed by atoms with Crippen molar-refractivity contribution in [2.45, 2.75) is 18.9 Å². The summed E-state index contributed by atoms with van der Waals surface area (Å²) in [4.78, 5) is 0. The normalized spacial score (nSPS) is 12.2. The Labute approximate surface area is 116 Å². The van der Waals surface area contributed by atoms with Crippen molar-refractivity contribution in [3.63, 3.8) is 0 Å². The van der Waals surface area contributed by atoms with E-state index in [1.54, 1.807) is 0 Å². The van der Waals surface area contributed by atoms with E-state index in [9.17, 15) is 25.5 Å². The van der Waals surface area contributed by atoms with Crippen molar-refractivity contribution in [1.82, 2.24) is 0 Å². The summed E-state index contributed by atoms with van der Waals surface area (Å²) in [5, 5.41) is 48.6. The van der Waals surface area contributed by atoms with Crippen molar-refractivity contribution in [3.05, 3.63) is 47.5 Å². The maximum absolute atomic E-state index is 10.0. The highest BCUT2D eigenvalue weighted by atomic mass is 16.3. The first-order chi connectivity index (χ1) is 9.50. The number of aliphatic hydroxyl groups is 1. The zero-order valence-electron chi connectivity index (χ0n) is 10.7. The van der Waals surface area contributed by atoms with E-state index >= 15 is 0 Å². The molecule has 5 N–H and O–H groups in total. The van der Waals surface area contributed by atoms with Crippen LogP contribution < -0.4 is 0 Å². The number of aliphatic hydroxyl groups excluding tert-OH is 1. The van der Waals surface area contributed by atoms with Crippen LogP contribution >= 0.6 is 0 Å². The summed E-state index contributed by atoms with van der Waals surface area (Å²) in [5.41, 5.74) is 0.365. The molecule has 20 heavy (non-hydrogen) atoms. The zero-order chi connectivity index (χ0) is 14.7.